The Morgan fingerprint density at radius 2 is 2.05 bits per heavy atom. The minimum Gasteiger partial charge on any atom is -0.378 e. The van der Waals surface area contributed by atoms with Crippen molar-refractivity contribution in [1.82, 2.24) is 4.90 Å². The monoisotopic (exact) mass is 292 g/mol. The van der Waals surface area contributed by atoms with Gasteiger partial charge in [-0.05, 0) is 37.0 Å². The summed E-state index contributed by atoms with van der Waals surface area (Å²) in [4.78, 5) is 2.61. The zero-order chi connectivity index (χ0) is 15.5. The SMILES string of the molecule is CCC1COCCN1C1CC(C(C)(C)CC)CCC1C#N. The standard InChI is InChI=1S/C18H32N2O/c1-5-16-13-21-10-9-20(16)17-11-15(18(3,4)6-2)8-7-14(17)12-19/h14-17H,5-11,13H2,1-4H3. The Labute approximate surface area is 130 Å². The summed E-state index contributed by atoms with van der Waals surface area (Å²) < 4.78 is 5.65. The number of nitrogens with zero attached hydrogens (tertiary/aromatic N) is 2. The normalized spacial score (nSPS) is 35.4. The van der Waals surface area contributed by atoms with Crippen LogP contribution >= 0.6 is 0 Å². The van der Waals surface area contributed by atoms with Crippen molar-refractivity contribution in [2.75, 3.05) is 19.8 Å². The molecule has 0 radical (unpaired) electrons. The van der Waals surface area contributed by atoms with Crippen molar-refractivity contribution >= 4 is 0 Å². The Hall–Kier alpha value is -0.590. The Balaban J connectivity index is 2.14. The van der Waals surface area contributed by atoms with E-state index >= 15 is 0 Å². The molecule has 0 bridgehead atoms. The van der Waals surface area contributed by atoms with Crippen molar-refractivity contribution in [1.29, 1.82) is 5.26 Å². The van der Waals surface area contributed by atoms with Crippen LogP contribution in [-0.4, -0.2) is 36.7 Å². The molecule has 0 N–H and O–H groups in total. The highest BCUT2D eigenvalue weighted by Gasteiger charge is 2.41. The van der Waals surface area contributed by atoms with Gasteiger partial charge < -0.3 is 4.74 Å². The summed E-state index contributed by atoms with van der Waals surface area (Å²) in [5, 5.41) is 9.59. The molecule has 3 heteroatoms. The Morgan fingerprint density at radius 3 is 2.67 bits per heavy atom. The van der Waals surface area contributed by atoms with E-state index in [1.54, 1.807) is 0 Å². The fraction of sp³-hybridized carbons (Fsp3) is 0.944. The summed E-state index contributed by atoms with van der Waals surface area (Å²) >= 11 is 0. The second-order valence-corrected chi connectivity index (χ2v) is 7.53. The molecule has 1 saturated carbocycles. The molecule has 21 heavy (non-hydrogen) atoms. The Bertz CT molecular complexity index is 374. The second-order valence-electron chi connectivity index (χ2n) is 7.53. The summed E-state index contributed by atoms with van der Waals surface area (Å²) in [6, 6.07) is 3.54. The Kier molecular flexibility index (Phi) is 5.68. The van der Waals surface area contributed by atoms with Gasteiger partial charge in [0.15, 0.2) is 0 Å². The van der Waals surface area contributed by atoms with Crippen molar-refractivity contribution in [3.8, 4) is 6.07 Å². The van der Waals surface area contributed by atoms with E-state index in [-0.39, 0.29) is 5.92 Å². The molecule has 0 aromatic heterocycles. The van der Waals surface area contributed by atoms with E-state index in [0.717, 1.165) is 38.5 Å². The van der Waals surface area contributed by atoms with E-state index in [1.165, 1.54) is 19.3 Å². The molecule has 4 unspecified atom stereocenters. The minimum absolute atomic E-state index is 0.209. The molecule has 0 spiro atoms. The summed E-state index contributed by atoms with van der Waals surface area (Å²) in [5.41, 5.74) is 0.396. The molecule has 1 aliphatic heterocycles. The van der Waals surface area contributed by atoms with Gasteiger partial charge in [0.25, 0.3) is 0 Å². The molecule has 1 aliphatic carbocycles. The first-order chi connectivity index (χ1) is 10.0. The van der Waals surface area contributed by atoms with Crippen LogP contribution in [-0.2, 0) is 4.74 Å². The van der Waals surface area contributed by atoms with Gasteiger partial charge in [0.05, 0.1) is 25.2 Å². The lowest BCUT2D eigenvalue weighted by Crippen LogP contribution is -2.55. The zero-order valence-corrected chi connectivity index (χ0v) is 14.3. The van der Waals surface area contributed by atoms with Crippen LogP contribution in [0.25, 0.3) is 0 Å². The molecule has 2 aliphatic rings. The fourth-order valence-electron chi connectivity index (χ4n) is 4.12. The largest absolute Gasteiger partial charge is 0.378 e. The number of rotatable bonds is 4. The maximum absolute atomic E-state index is 9.59. The lowest BCUT2D eigenvalue weighted by Gasteiger charge is -2.48. The third-order valence-electron chi connectivity index (χ3n) is 6.17. The van der Waals surface area contributed by atoms with Crippen LogP contribution in [0.1, 0.15) is 59.8 Å². The molecule has 0 aromatic carbocycles. The lowest BCUT2D eigenvalue weighted by molar-refractivity contribution is -0.0574. The van der Waals surface area contributed by atoms with E-state index in [9.17, 15) is 5.26 Å². The van der Waals surface area contributed by atoms with E-state index in [1.807, 2.05) is 0 Å². The van der Waals surface area contributed by atoms with Gasteiger partial charge >= 0.3 is 0 Å². The molecule has 1 heterocycles. The van der Waals surface area contributed by atoms with Crippen molar-refractivity contribution < 1.29 is 4.74 Å². The highest BCUT2D eigenvalue weighted by atomic mass is 16.5. The van der Waals surface area contributed by atoms with Crippen LogP contribution < -0.4 is 0 Å². The molecule has 2 fully saturated rings. The number of hydrogen-bond acceptors (Lipinski definition) is 3. The average Bonchev–Trinajstić information content (AvgIpc) is 2.54. The van der Waals surface area contributed by atoms with Crippen molar-refractivity contribution in [2.24, 2.45) is 17.3 Å². The molecular formula is C18H32N2O. The first-order valence-corrected chi connectivity index (χ1v) is 8.76. The number of morpholine rings is 1. The van der Waals surface area contributed by atoms with E-state index < -0.39 is 0 Å². The van der Waals surface area contributed by atoms with Crippen LogP contribution in [0.5, 0.6) is 0 Å². The van der Waals surface area contributed by atoms with Crippen LogP contribution in [0.3, 0.4) is 0 Å². The van der Waals surface area contributed by atoms with Gasteiger partial charge in [-0.3, -0.25) is 4.90 Å². The molecule has 120 valence electrons. The molecule has 4 atom stereocenters. The summed E-state index contributed by atoms with van der Waals surface area (Å²) in [5.74, 6) is 0.957. The van der Waals surface area contributed by atoms with Crippen molar-refractivity contribution in [2.45, 2.75) is 71.9 Å². The molecule has 0 amide bonds. The first kappa shape index (κ1) is 16.8. The van der Waals surface area contributed by atoms with Gasteiger partial charge in [-0.1, -0.05) is 34.1 Å². The zero-order valence-electron chi connectivity index (χ0n) is 14.3. The van der Waals surface area contributed by atoms with Crippen molar-refractivity contribution in [3.05, 3.63) is 0 Å². The number of nitriles is 1. The first-order valence-electron chi connectivity index (χ1n) is 8.76. The van der Waals surface area contributed by atoms with Gasteiger partial charge in [-0.15, -0.1) is 0 Å². The van der Waals surface area contributed by atoms with Crippen LogP contribution in [0.4, 0.5) is 0 Å². The molecule has 0 aromatic rings. The smallest absolute Gasteiger partial charge is 0.0672 e. The van der Waals surface area contributed by atoms with E-state index in [0.29, 0.717) is 17.5 Å². The predicted molar refractivity (Wildman–Crippen MR) is 85.9 cm³/mol. The van der Waals surface area contributed by atoms with Gasteiger partial charge in [-0.2, -0.15) is 5.26 Å². The maximum atomic E-state index is 9.59. The highest BCUT2D eigenvalue weighted by Crippen LogP contribution is 2.44. The van der Waals surface area contributed by atoms with Crippen LogP contribution in [0, 0.1) is 28.6 Å². The van der Waals surface area contributed by atoms with Gasteiger partial charge in [-0.25, -0.2) is 0 Å². The highest BCUT2D eigenvalue weighted by molar-refractivity contribution is 5.01. The van der Waals surface area contributed by atoms with Gasteiger partial charge in [0, 0.05) is 18.6 Å². The van der Waals surface area contributed by atoms with E-state index in [4.69, 9.17) is 4.74 Å². The number of hydrogen-bond donors (Lipinski definition) is 0. The number of ether oxygens (including phenoxy) is 1. The quantitative estimate of drug-likeness (QED) is 0.790. The topological polar surface area (TPSA) is 36.3 Å². The predicted octanol–water partition coefficient (Wildman–Crippen LogP) is 3.84. The van der Waals surface area contributed by atoms with Crippen LogP contribution in [0.2, 0.25) is 0 Å². The minimum atomic E-state index is 0.209. The molecule has 3 nitrogen and oxygen atoms in total. The van der Waals surface area contributed by atoms with Gasteiger partial charge in [0.2, 0.25) is 0 Å². The molecule has 2 rings (SSSR count). The Morgan fingerprint density at radius 1 is 1.29 bits per heavy atom. The third kappa shape index (κ3) is 3.60. The van der Waals surface area contributed by atoms with Crippen LogP contribution in [0.15, 0.2) is 0 Å². The summed E-state index contributed by atoms with van der Waals surface area (Å²) in [7, 11) is 0. The van der Waals surface area contributed by atoms with E-state index in [2.05, 4.69) is 38.7 Å². The molecular weight excluding hydrogens is 260 g/mol. The summed E-state index contributed by atoms with van der Waals surface area (Å²) in [6.45, 7) is 12.0. The van der Waals surface area contributed by atoms with Crippen molar-refractivity contribution in [3.63, 3.8) is 0 Å². The maximum Gasteiger partial charge on any atom is 0.0672 e. The second kappa shape index (κ2) is 7.11. The fourth-order valence-corrected chi connectivity index (χ4v) is 4.12. The summed E-state index contributed by atoms with van der Waals surface area (Å²) in [6.07, 6.45) is 5.83. The average molecular weight is 292 g/mol. The van der Waals surface area contributed by atoms with Gasteiger partial charge in [0.1, 0.15) is 0 Å². The lowest BCUT2D eigenvalue weighted by atomic mass is 9.65. The molecule has 1 saturated heterocycles. The third-order valence-corrected chi connectivity index (χ3v) is 6.17.